The first-order valence-corrected chi connectivity index (χ1v) is 7.80. The lowest BCUT2D eigenvalue weighted by atomic mass is 10.2. The van der Waals surface area contributed by atoms with Crippen LogP contribution in [0.1, 0.15) is 18.3 Å². The molecule has 2 rings (SSSR count). The van der Waals surface area contributed by atoms with Gasteiger partial charge in [-0.1, -0.05) is 31.7 Å². The van der Waals surface area contributed by atoms with E-state index in [1.165, 1.54) is 6.08 Å². The number of aliphatic carboxylic acids is 1. The first-order valence-electron chi connectivity index (χ1n) is 6.98. The van der Waals surface area contributed by atoms with Gasteiger partial charge in [-0.3, -0.25) is 5.10 Å². The maximum atomic E-state index is 11.3. The highest BCUT2D eigenvalue weighted by Gasteiger charge is 2.08. The Kier molecular flexibility index (Phi) is 5.99. The molecule has 7 heteroatoms. The topological polar surface area (TPSA) is 90.9 Å². The van der Waals surface area contributed by atoms with E-state index in [2.05, 4.69) is 21.8 Å². The number of ether oxygens (including phenoxy) is 1. The predicted molar refractivity (Wildman–Crippen MR) is 86.7 cm³/mol. The lowest BCUT2D eigenvalue weighted by molar-refractivity contribution is -0.297. The summed E-state index contributed by atoms with van der Waals surface area (Å²) in [7, 11) is 0. The number of nitrogens with zero attached hydrogens (tertiary/aromatic N) is 2. The van der Waals surface area contributed by atoms with Crippen LogP contribution in [0.5, 0.6) is 5.75 Å². The number of aryl methyl sites for hydroxylation is 1. The van der Waals surface area contributed by atoms with Crippen molar-refractivity contribution in [2.45, 2.75) is 18.5 Å². The number of aromatic nitrogens is 3. The van der Waals surface area contributed by atoms with E-state index in [9.17, 15) is 9.90 Å². The van der Waals surface area contributed by atoms with Crippen LogP contribution >= 0.6 is 11.8 Å². The molecular formula is C16H16N3O3S-. The maximum Gasteiger partial charge on any atom is 0.213 e. The van der Waals surface area contributed by atoms with Gasteiger partial charge in [0.05, 0.1) is 5.97 Å². The molecule has 23 heavy (non-hydrogen) atoms. The molecule has 1 aromatic heterocycles. The average Bonchev–Trinajstić information content (AvgIpc) is 3.00. The van der Waals surface area contributed by atoms with Crippen molar-refractivity contribution in [3.8, 4) is 5.75 Å². The van der Waals surface area contributed by atoms with E-state index in [0.717, 1.165) is 11.8 Å². The zero-order valence-corrected chi connectivity index (χ0v) is 13.4. The minimum atomic E-state index is -1.28. The fraction of sp³-hybridized carbons (Fsp3) is 0.188. The van der Waals surface area contributed by atoms with Gasteiger partial charge in [-0.2, -0.15) is 0 Å². The Hall–Kier alpha value is -2.54. The summed E-state index contributed by atoms with van der Waals surface area (Å²) < 4.78 is 5.43. The summed E-state index contributed by atoms with van der Waals surface area (Å²) in [5.41, 5.74) is 0.685. The van der Waals surface area contributed by atoms with Crippen molar-refractivity contribution < 1.29 is 14.6 Å². The number of benzene rings is 1. The van der Waals surface area contributed by atoms with Gasteiger partial charge in [0.15, 0.2) is 0 Å². The van der Waals surface area contributed by atoms with Gasteiger partial charge in [-0.25, -0.2) is 4.98 Å². The van der Waals surface area contributed by atoms with E-state index in [0.29, 0.717) is 35.3 Å². The van der Waals surface area contributed by atoms with Gasteiger partial charge in [-0.05, 0) is 35.5 Å². The van der Waals surface area contributed by atoms with Crippen molar-refractivity contribution >= 4 is 23.8 Å². The highest BCUT2D eigenvalue weighted by Crippen LogP contribution is 2.26. The number of carboxylic acids is 1. The quantitative estimate of drug-likeness (QED) is 0.451. The molecule has 0 aliphatic heterocycles. The Bertz CT molecular complexity index is 725. The maximum absolute atomic E-state index is 11.3. The molecule has 0 bridgehead atoms. The highest BCUT2D eigenvalue weighted by atomic mass is 32.2. The molecular weight excluding hydrogens is 314 g/mol. The molecule has 1 heterocycles. The zero-order valence-electron chi connectivity index (χ0n) is 12.6. The molecule has 0 radical (unpaired) electrons. The third-order valence-corrected chi connectivity index (χ3v) is 3.64. The van der Waals surface area contributed by atoms with Gasteiger partial charge in [0.2, 0.25) is 5.16 Å². The van der Waals surface area contributed by atoms with Crippen molar-refractivity contribution in [1.82, 2.24) is 15.2 Å². The van der Waals surface area contributed by atoms with Crippen LogP contribution in [0.2, 0.25) is 0 Å². The molecule has 0 spiro atoms. The predicted octanol–water partition coefficient (Wildman–Crippen LogP) is 1.81. The van der Waals surface area contributed by atoms with E-state index < -0.39 is 5.97 Å². The summed E-state index contributed by atoms with van der Waals surface area (Å²) in [5, 5.41) is 18.4. The lowest BCUT2D eigenvalue weighted by Crippen LogP contribution is -2.23. The third-order valence-electron chi connectivity index (χ3n) is 2.77. The van der Waals surface area contributed by atoms with Crippen LogP contribution in [0.4, 0.5) is 0 Å². The summed E-state index contributed by atoms with van der Waals surface area (Å²) >= 11 is 0.940. The first kappa shape index (κ1) is 16.8. The van der Waals surface area contributed by atoms with Crippen molar-refractivity contribution in [2.24, 2.45) is 0 Å². The van der Waals surface area contributed by atoms with Gasteiger partial charge in [0, 0.05) is 11.3 Å². The molecule has 6 nitrogen and oxygen atoms in total. The van der Waals surface area contributed by atoms with Gasteiger partial charge >= 0.3 is 0 Å². The Labute approximate surface area is 138 Å². The second-order valence-corrected chi connectivity index (χ2v) is 5.50. The van der Waals surface area contributed by atoms with Gasteiger partial charge in [0.25, 0.3) is 0 Å². The Morgan fingerprint density at radius 1 is 1.52 bits per heavy atom. The number of nitrogens with one attached hydrogen (secondary N) is 1. The van der Waals surface area contributed by atoms with Crippen LogP contribution in [0.3, 0.4) is 0 Å². The molecule has 0 saturated heterocycles. The summed E-state index contributed by atoms with van der Waals surface area (Å²) in [4.78, 5) is 15.5. The van der Waals surface area contributed by atoms with Crippen LogP contribution in [0.15, 0.2) is 47.0 Å². The fourth-order valence-electron chi connectivity index (χ4n) is 1.71. The van der Waals surface area contributed by atoms with E-state index in [4.69, 9.17) is 4.74 Å². The van der Waals surface area contributed by atoms with Gasteiger partial charge in [0.1, 0.15) is 18.2 Å². The molecule has 0 aliphatic rings. The lowest BCUT2D eigenvalue weighted by Gasteiger charge is -2.07. The molecule has 0 aliphatic carbocycles. The van der Waals surface area contributed by atoms with E-state index in [1.54, 1.807) is 30.3 Å². The molecule has 120 valence electrons. The number of thioether (sulfide) groups is 1. The summed E-state index contributed by atoms with van der Waals surface area (Å²) in [6.07, 6.45) is 3.84. The normalized spacial score (nSPS) is 11.3. The molecule has 2 aromatic rings. The van der Waals surface area contributed by atoms with Crippen LogP contribution < -0.4 is 9.84 Å². The van der Waals surface area contributed by atoms with Crippen LogP contribution in [-0.4, -0.2) is 27.8 Å². The largest absolute Gasteiger partial charge is 0.544 e. The molecule has 0 fully saturated rings. The average molecular weight is 330 g/mol. The second kappa shape index (κ2) is 8.19. The minimum Gasteiger partial charge on any atom is -0.544 e. The zero-order chi connectivity index (χ0) is 16.7. The second-order valence-electron chi connectivity index (χ2n) is 4.49. The number of hydrogen-bond donors (Lipinski definition) is 1. The Balaban J connectivity index is 2.20. The molecule has 0 amide bonds. The van der Waals surface area contributed by atoms with Crippen molar-refractivity contribution in [3.63, 3.8) is 0 Å². The number of rotatable bonds is 8. The highest BCUT2D eigenvalue weighted by molar-refractivity contribution is 8.04. The van der Waals surface area contributed by atoms with Gasteiger partial charge in [-0.15, -0.1) is 5.10 Å². The van der Waals surface area contributed by atoms with Crippen molar-refractivity contribution in [1.29, 1.82) is 0 Å². The number of carbonyl (C=O) groups excluding carboxylic acids is 1. The first-order chi connectivity index (χ1) is 11.1. The van der Waals surface area contributed by atoms with E-state index in [-0.39, 0.29) is 4.91 Å². The van der Waals surface area contributed by atoms with E-state index in [1.807, 2.05) is 6.92 Å². The molecule has 0 saturated carbocycles. The summed E-state index contributed by atoms with van der Waals surface area (Å²) in [6, 6.07) is 7.08. The van der Waals surface area contributed by atoms with Crippen molar-refractivity contribution in [3.05, 3.63) is 53.2 Å². The fourth-order valence-corrected chi connectivity index (χ4v) is 2.43. The number of carbonyl (C=O) groups is 1. The van der Waals surface area contributed by atoms with Crippen LogP contribution in [0.25, 0.3) is 6.08 Å². The van der Waals surface area contributed by atoms with Crippen molar-refractivity contribution in [2.75, 3.05) is 6.61 Å². The molecule has 1 N–H and O–H groups in total. The SMILES string of the molecule is C=CCOc1cccc(/C=C(\Sc2n[nH]c(CC)n2)C(=O)[O-])c1. The number of H-pyrrole nitrogens is 1. The number of aromatic amines is 1. The Morgan fingerprint density at radius 3 is 3.00 bits per heavy atom. The Morgan fingerprint density at radius 2 is 2.35 bits per heavy atom. The van der Waals surface area contributed by atoms with Gasteiger partial charge < -0.3 is 14.6 Å². The van der Waals surface area contributed by atoms with Crippen LogP contribution in [0, 0.1) is 0 Å². The molecule has 0 unspecified atom stereocenters. The summed E-state index contributed by atoms with van der Waals surface area (Å²) in [5.74, 6) is 0.0489. The standard InChI is InChI=1S/C16H17N3O3S/c1-3-8-22-12-7-5-6-11(9-12)10-13(15(20)21)23-16-17-14(4-2)18-19-16/h3,5-7,9-10H,1,4,8H2,2H3,(H,20,21)(H,17,18,19)/p-1/b13-10-. The summed E-state index contributed by atoms with van der Waals surface area (Å²) in [6.45, 7) is 5.89. The molecule has 1 aromatic carbocycles. The van der Waals surface area contributed by atoms with Crippen LogP contribution in [-0.2, 0) is 11.2 Å². The monoisotopic (exact) mass is 330 g/mol. The molecule has 0 atom stereocenters. The number of hydrogen-bond acceptors (Lipinski definition) is 6. The minimum absolute atomic E-state index is 0.0209. The van der Waals surface area contributed by atoms with E-state index >= 15 is 0 Å². The number of carboxylic acid groups (broad SMARTS) is 1. The smallest absolute Gasteiger partial charge is 0.213 e. The third kappa shape index (κ3) is 5.00.